The van der Waals surface area contributed by atoms with Crippen molar-refractivity contribution in [2.45, 2.75) is 57.6 Å². The fourth-order valence-electron chi connectivity index (χ4n) is 4.25. The van der Waals surface area contributed by atoms with Crippen molar-refractivity contribution in [3.05, 3.63) is 24.5 Å². The number of carbonyl (C=O) groups is 2. The third-order valence-electron chi connectivity index (χ3n) is 5.84. The second-order valence-corrected chi connectivity index (χ2v) is 8.04. The van der Waals surface area contributed by atoms with Gasteiger partial charge in [0.15, 0.2) is 0 Å². The number of aromatic nitrogens is 1. The number of methoxy groups -OCH3 is 1. The molecule has 7 heteroatoms. The number of likely N-dealkylation sites (tertiary alicyclic amines) is 1. The van der Waals surface area contributed by atoms with E-state index in [1.807, 2.05) is 19.1 Å². The zero-order valence-electron chi connectivity index (χ0n) is 16.9. The maximum atomic E-state index is 13.4. The third kappa shape index (κ3) is 4.82. The lowest BCUT2D eigenvalue weighted by atomic mass is 9.74. The monoisotopic (exact) mass is 389 g/mol. The van der Waals surface area contributed by atoms with E-state index in [2.05, 4.69) is 10.3 Å². The molecule has 1 aromatic rings. The highest BCUT2D eigenvalue weighted by molar-refractivity contribution is 5.90. The summed E-state index contributed by atoms with van der Waals surface area (Å²) in [7, 11) is 1.60. The molecule has 0 aromatic carbocycles. The first-order valence-electron chi connectivity index (χ1n) is 10.2. The first-order chi connectivity index (χ1) is 13.5. The van der Waals surface area contributed by atoms with Gasteiger partial charge in [-0.15, -0.1) is 0 Å². The quantitative estimate of drug-likeness (QED) is 0.723. The molecule has 1 N–H and O–H groups in total. The fraction of sp³-hybridized carbons (Fsp3) is 0.667. The van der Waals surface area contributed by atoms with Crippen molar-refractivity contribution in [1.29, 1.82) is 0 Å². The van der Waals surface area contributed by atoms with Crippen LogP contribution in [0.5, 0.6) is 5.75 Å². The molecule has 1 aliphatic heterocycles. The molecule has 3 rings (SSSR count). The van der Waals surface area contributed by atoms with Gasteiger partial charge in [-0.1, -0.05) is 26.2 Å². The van der Waals surface area contributed by atoms with E-state index >= 15 is 0 Å². The van der Waals surface area contributed by atoms with Crippen LogP contribution in [0.2, 0.25) is 0 Å². The van der Waals surface area contributed by atoms with E-state index in [1.165, 1.54) is 6.42 Å². The lowest BCUT2D eigenvalue weighted by Gasteiger charge is -2.37. The van der Waals surface area contributed by atoms with Crippen LogP contribution in [0.25, 0.3) is 0 Å². The Labute approximate surface area is 166 Å². The van der Waals surface area contributed by atoms with Gasteiger partial charge in [-0.05, 0) is 25.0 Å². The molecule has 1 aromatic heterocycles. The highest BCUT2D eigenvalue weighted by Gasteiger charge is 2.46. The standard InChI is InChI=1S/C21H31N3O4/c1-21(8-4-3-5-9-21)20(26)24-15-17(28-16-7-6-10-22-14-16)13-18(24)19(25)23-11-12-27-2/h6-7,10,14,17-18H,3-5,8-9,11-13,15H2,1-2H3,(H,23,25)/t17-,18-/m0/s1. The first-order valence-corrected chi connectivity index (χ1v) is 10.2. The zero-order valence-corrected chi connectivity index (χ0v) is 16.9. The largest absolute Gasteiger partial charge is 0.487 e. The molecule has 0 unspecified atom stereocenters. The summed E-state index contributed by atoms with van der Waals surface area (Å²) in [5.41, 5.74) is -0.382. The smallest absolute Gasteiger partial charge is 0.243 e. The molecule has 0 radical (unpaired) electrons. The number of nitrogens with zero attached hydrogens (tertiary/aromatic N) is 2. The molecule has 2 aliphatic rings. The van der Waals surface area contributed by atoms with E-state index in [-0.39, 0.29) is 23.3 Å². The van der Waals surface area contributed by atoms with Gasteiger partial charge in [0.05, 0.1) is 19.3 Å². The van der Waals surface area contributed by atoms with Crippen LogP contribution >= 0.6 is 0 Å². The van der Waals surface area contributed by atoms with Crippen molar-refractivity contribution in [1.82, 2.24) is 15.2 Å². The average molecular weight is 389 g/mol. The van der Waals surface area contributed by atoms with Crippen molar-refractivity contribution in [3.63, 3.8) is 0 Å². The Kier molecular flexibility index (Phi) is 6.88. The Morgan fingerprint density at radius 1 is 1.32 bits per heavy atom. The van der Waals surface area contributed by atoms with E-state index < -0.39 is 6.04 Å². The summed E-state index contributed by atoms with van der Waals surface area (Å²) in [6, 6.07) is 3.14. The minimum Gasteiger partial charge on any atom is -0.487 e. The van der Waals surface area contributed by atoms with E-state index in [1.54, 1.807) is 24.4 Å². The molecular weight excluding hydrogens is 358 g/mol. The molecule has 2 fully saturated rings. The maximum Gasteiger partial charge on any atom is 0.243 e. The van der Waals surface area contributed by atoms with E-state index in [9.17, 15) is 9.59 Å². The summed E-state index contributed by atoms with van der Waals surface area (Å²) in [6.45, 7) is 3.34. The lowest BCUT2D eigenvalue weighted by molar-refractivity contribution is -0.147. The average Bonchev–Trinajstić information content (AvgIpc) is 3.12. The second-order valence-electron chi connectivity index (χ2n) is 8.04. The summed E-state index contributed by atoms with van der Waals surface area (Å²) in [5, 5.41) is 2.88. The van der Waals surface area contributed by atoms with Crippen molar-refractivity contribution in [2.75, 3.05) is 26.8 Å². The molecule has 28 heavy (non-hydrogen) atoms. The number of pyridine rings is 1. The second kappa shape index (κ2) is 9.37. The summed E-state index contributed by atoms with van der Waals surface area (Å²) >= 11 is 0. The molecule has 2 amide bonds. The van der Waals surface area contributed by atoms with Gasteiger partial charge < -0.3 is 19.7 Å². The topological polar surface area (TPSA) is 80.8 Å². The van der Waals surface area contributed by atoms with E-state index in [0.29, 0.717) is 31.9 Å². The molecule has 0 bridgehead atoms. The van der Waals surface area contributed by atoms with Crippen LogP contribution in [-0.2, 0) is 14.3 Å². The number of nitrogens with one attached hydrogen (secondary N) is 1. The minimum absolute atomic E-state index is 0.0800. The minimum atomic E-state index is -0.509. The van der Waals surface area contributed by atoms with Crippen LogP contribution in [-0.4, -0.2) is 60.7 Å². The van der Waals surface area contributed by atoms with Gasteiger partial charge in [-0.3, -0.25) is 14.6 Å². The highest BCUT2D eigenvalue weighted by atomic mass is 16.5. The molecule has 1 aliphatic carbocycles. The molecule has 1 saturated carbocycles. The summed E-state index contributed by atoms with van der Waals surface area (Å²) in [6.07, 6.45) is 8.67. The Bertz CT molecular complexity index is 661. The maximum absolute atomic E-state index is 13.4. The van der Waals surface area contributed by atoms with Crippen LogP contribution < -0.4 is 10.1 Å². The van der Waals surface area contributed by atoms with Crippen LogP contribution in [0.3, 0.4) is 0 Å². The number of rotatable bonds is 7. The van der Waals surface area contributed by atoms with Crippen molar-refractivity contribution in [3.8, 4) is 5.75 Å². The SMILES string of the molecule is COCCNC(=O)[C@@H]1C[C@H](Oc2cccnc2)CN1C(=O)C1(C)CCCCC1. The van der Waals surface area contributed by atoms with Gasteiger partial charge in [-0.25, -0.2) is 0 Å². The summed E-state index contributed by atoms with van der Waals surface area (Å²) in [4.78, 5) is 32.0. The number of carbonyl (C=O) groups excluding carboxylic acids is 2. The summed E-state index contributed by atoms with van der Waals surface area (Å²) in [5.74, 6) is 0.600. The van der Waals surface area contributed by atoms with Crippen LogP contribution in [0.1, 0.15) is 45.4 Å². The fourth-order valence-corrected chi connectivity index (χ4v) is 4.25. The lowest BCUT2D eigenvalue weighted by Crippen LogP contribution is -2.51. The van der Waals surface area contributed by atoms with Gasteiger partial charge >= 0.3 is 0 Å². The Balaban J connectivity index is 1.73. The molecule has 2 atom stereocenters. The Morgan fingerprint density at radius 2 is 2.11 bits per heavy atom. The number of ether oxygens (including phenoxy) is 2. The number of amides is 2. The van der Waals surface area contributed by atoms with Crippen LogP contribution in [0, 0.1) is 5.41 Å². The summed E-state index contributed by atoms with van der Waals surface area (Å²) < 4.78 is 11.0. The number of hydrogen-bond acceptors (Lipinski definition) is 5. The Morgan fingerprint density at radius 3 is 2.79 bits per heavy atom. The normalized spacial score (nSPS) is 24.0. The molecule has 154 valence electrons. The van der Waals surface area contributed by atoms with Crippen molar-refractivity contribution >= 4 is 11.8 Å². The van der Waals surface area contributed by atoms with Gasteiger partial charge in [0.2, 0.25) is 11.8 Å². The van der Waals surface area contributed by atoms with Crippen LogP contribution in [0.15, 0.2) is 24.5 Å². The first kappa shape index (κ1) is 20.6. The van der Waals surface area contributed by atoms with Crippen LogP contribution in [0.4, 0.5) is 0 Å². The molecule has 2 heterocycles. The van der Waals surface area contributed by atoms with Gasteiger partial charge in [0.25, 0.3) is 0 Å². The van der Waals surface area contributed by atoms with Gasteiger partial charge in [0.1, 0.15) is 17.9 Å². The third-order valence-corrected chi connectivity index (χ3v) is 5.84. The van der Waals surface area contributed by atoms with Gasteiger partial charge in [0, 0.05) is 31.7 Å². The highest BCUT2D eigenvalue weighted by Crippen LogP contribution is 2.39. The molecule has 0 spiro atoms. The van der Waals surface area contributed by atoms with Gasteiger partial charge in [-0.2, -0.15) is 0 Å². The zero-order chi connectivity index (χ0) is 20.0. The number of hydrogen-bond donors (Lipinski definition) is 1. The van der Waals surface area contributed by atoms with E-state index in [0.717, 1.165) is 25.7 Å². The predicted molar refractivity (Wildman–Crippen MR) is 105 cm³/mol. The molecule has 1 saturated heterocycles. The molecular formula is C21H31N3O4. The Hall–Kier alpha value is -2.15. The predicted octanol–water partition coefficient (Wildman–Crippen LogP) is 2.16. The van der Waals surface area contributed by atoms with Crippen molar-refractivity contribution in [2.24, 2.45) is 5.41 Å². The van der Waals surface area contributed by atoms with Crippen molar-refractivity contribution < 1.29 is 19.1 Å². The molecule has 7 nitrogen and oxygen atoms in total. The van der Waals surface area contributed by atoms with E-state index in [4.69, 9.17) is 9.47 Å².